The smallest absolute Gasteiger partial charge is 0.285 e. The molecule has 1 amide bonds. The van der Waals surface area contributed by atoms with Crippen LogP contribution < -0.4 is 16.7 Å². The van der Waals surface area contributed by atoms with E-state index in [0.717, 1.165) is 6.07 Å². The first-order chi connectivity index (χ1) is 6.06. The molecule has 0 fully saturated rings. The fourth-order valence-electron chi connectivity index (χ4n) is 0.757. The number of hydrogen-bond acceptors (Lipinski definition) is 5. The van der Waals surface area contributed by atoms with Gasteiger partial charge in [-0.3, -0.25) is 15.0 Å². The van der Waals surface area contributed by atoms with Crippen LogP contribution in [0, 0.1) is 0 Å². The molecule has 0 saturated carbocycles. The molecule has 0 aromatic carbocycles. The second-order valence-electron chi connectivity index (χ2n) is 2.23. The van der Waals surface area contributed by atoms with Gasteiger partial charge in [0.2, 0.25) is 5.43 Å². The number of nitrogens with two attached hydrogens (primary N) is 1. The molecular formula is C6H7N3O4. The Labute approximate surface area is 72.0 Å². The van der Waals surface area contributed by atoms with Crippen LogP contribution in [-0.4, -0.2) is 21.0 Å². The van der Waals surface area contributed by atoms with E-state index in [1.54, 1.807) is 5.43 Å². The Morgan fingerprint density at radius 1 is 1.62 bits per heavy atom. The van der Waals surface area contributed by atoms with E-state index in [2.05, 4.69) is 0 Å². The van der Waals surface area contributed by atoms with Crippen LogP contribution in [0.15, 0.2) is 17.1 Å². The summed E-state index contributed by atoms with van der Waals surface area (Å²) in [6, 6.07) is 0.761. The molecule has 13 heavy (non-hydrogen) atoms. The zero-order chi connectivity index (χ0) is 10.0. The van der Waals surface area contributed by atoms with E-state index in [-0.39, 0.29) is 5.69 Å². The number of nitrogens with one attached hydrogen (secondary N) is 1. The predicted molar refractivity (Wildman–Crippen MR) is 41.2 cm³/mol. The molecule has 1 rings (SSSR count). The topological polar surface area (TPSA) is 118 Å². The van der Waals surface area contributed by atoms with Gasteiger partial charge in [-0.2, -0.15) is 4.73 Å². The Morgan fingerprint density at radius 3 is 2.77 bits per heavy atom. The van der Waals surface area contributed by atoms with Gasteiger partial charge in [0.05, 0.1) is 6.20 Å². The highest BCUT2D eigenvalue weighted by Crippen LogP contribution is 2.01. The van der Waals surface area contributed by atoms with Gasteiger partial charge in [-0.1, -0.05) is 0 Å². The van der Waals surface area contributed by atoms with E-state index in [0.29, 0.717) is 10.9 Å². The summed E-state index contributed by atoms with van der Waals surface area (Å²) in [6.07, 6.45) is 0.701. The van der Waals surface area contributed by atoms with Gasteiger partial charge in [-0.05, 0) is 0 Å². The summed E-state index contributed by atoms with van der Waals surface area (Å²) in [5.41, 5.74) is 0.598. The van der Waals surface area contributed by atoms with Crippen molar-refractivity contribution in [3.8, 4) is 5.75 Å². The van der Waals surface area contributed by atoms with Crippen LogP contribution in [0.4, 0.5) is 0 Å². The Morgan fingerprint density at radius 2 is 2.23 bits per heavy atom. The SMILES string of the molecule is NNC(=O)c1cc(=O)c(O)cn1O. The van der Waals surface area contributed by atoms with Gasteiger partial charge in [0.25, 0.3) is 5.91 Å². The summed E-state index contributed by atoms with van der Waals surface area (Å²) < 4.78 is 0.304. The quantitative estimate of drug-likeness (QED) is 0.182. The molecule has 1 aromatic rings. The maximum atomic E-state index is 10.9. The van der Waals surface area contributed by atoms with E-state index >= 15 is 0 Å². The van der Waals surface area contributed by atoms with E-state index in [1.807, 2.05) is 0 Å². The lowest BCUT2D eigenvalue weighted by molar-refractivity contribution is 0.0897. The lowest BCUT2D eigenvalue weighted by atomic mass is 10.3. The largest absolute Gasteiger partial charge is 0.503 e. The van der Waals surface area contributed by atoms with E-state index < -0.39 is 17.1 Å². The fraction of sp³-hybridized carbons (Fsp3) is 0. The summed E-state index contributed by atoms with van der Waals surface area (Å²) >= 11 is 0. The molecule has 0 aliphatic carbocycles. The van der Waals surface area contributed by atoms with Crippen molar-refractivity contribution >= 4 is 5.91 Å². The van der Waals surface area contributed by atoms with Crippen LogP contribution in [0.1, 0.15) is 10.5 Å². The zero-order valence-corrected chi connectivity index (χ0v) is 6.39. The summed E-state index contributed by atoms with van der Waals surface area (Å²) in [5, 5.41) is 17.8. The van der Waals surface area contributed by atoms with Crippen molar-refractivity contribution in [2.75, 3.05) is 0 Å². The van der Waals surface area contributed by atoms with Crippen LogP contribution in [-0.2, 0) is 0 Å². The molecule has 0 atom stereocenters. The predicted octanol–water partition coefficient (Wildman–Crippen LogP) is -1.61. The third kappa shape index (κ3) is 1.59. The normalized spacial score (nSPS) is 9.62. The standard InChI is InChI=1S/C6H7N3O4/c7-8-6(12)3-1-4(10)5(11)2-9(3)13/h1-2,11,13H,7H2,(H,8,12). The molecule has 0 saturated heterocycles. The van der Waals surface area contributed by atoms with Gasteiger partial charge in [-0.25, -0.2) is 5.84 Å². The molecule has 0 aliphatic rings. The molecule has 1 heterocycles. The minimum atomic E-state index is -0.834. The Kier molecular flexibility index (Phi) is 2.20. The lowest BCUT2D eigenvalue weighted by Crippen LogP contribution is -2.33. The second-order valence-corrected chi connectivity index (χ2v) is 2.23. The van der Waals surface area contributed by atoms with Crippen LogP contribution >= 0.6 is 0 Å². The van der Waals surface area contributed by atoms with E-state index in [4.69, 9.17) is 16.2 Å². The maximum Gasteiger partial charge on any atom is 0.285 e. The minimum absolute atomic E-state index is 0.304. The molecule has 5 N–H and O–H groups in total. The molecule has 0 bridgehead atoms. The Balaban J connectivity index is 3.32. The molecule has 7 nitrogen and oxygen atoms in total. The highest BCUT2D eigenvalue weighted by Gasteiger charge is 2.11. The van der Waals surface area contributed by atoms with Crippen molar-refractivity contribution in [1.82, 2.24) is 10.2 Å². The number of hydrazine groups is 1. The number of hydrogen-bond donors (Lipinski definition) is 4. The number of rotatable bonds is 1. The third-order valence-electron chi connectivity index (χ3n) is 1.38. The number of pyridine rings is 1. The zero-order valence-electron chi connectivity index (χ0n) is 6.39. The molecule has 1 aromatic heterocycles. The molecule has 0 radical (unpaired) electrons. The highest BCUT2D eigenvalue weighted by molar-refractivity contribution is 5.91. The number of aromatic nitrogens is 1. The van der Waals surface area contributed by atoms with Crippen molar-refractivity contribution in [1.29, 1.82) is 0 Å². The van der Waals surface area contributed by atoms with E-state index in [1.165, 1.54) is 0 Å². The maximum absolute atomic E-state index is 10.9. The van der Waals surface area contributed by atoms with Crippen LogP contribution in [0.2, 0.25) is 0 Å². The first-order valence-corrected chi connectivity index (χ1v) is 3.22. The van der Waals surface area contributed by atoms with Crippen molar-refractivity contribution in [3.05, 3.63) is 28.2 Å². The van der Waals surface area contributed by atoms with Crippen molar-refractivity contribution in [2.45, 2.75) is 0 Å². The number of aromatic hydroxyl groups is 1. The van der Waals surface area contributed by atoms with Gasteiger partial charge in [0.15, 0.2) is 5.75 Å². The molecule has 0 aliphatic heterocycles. The number of carbonyl (C=O) groups excluding carboxylic acids is 1. The van der Waals surface area contributed by atoms with Crippen LogP contribution in [0.3, 0.4) is 0 Å². The third-order valence-corrected chi connectivity index (χ3v) is 1.38. The van der Waals surface area contributed by atoms with Gasteiger partial charge in [0.1, 0.15) is 5.69 Å². The Bertz CT molecular complexity index is 397. The summed E-state index contributed by atoms with van der Waals surface area (Å²) in [7, 11) is 0. The molecule has 0 spiro atoms. The van der Waals surface area contributed by atoms with Crippen LogP contribution in [0.25, 0.3) is 0 Å². The second kappa shape index (κ2) is 3.15. The molecular weight excluding hydrogens is 178 g/mol. The van der Waals surface area contributed by atoms with Gasteiger partial charge in [0, 0.05) is 6.07 Å². The number of carbonyl (C=O) groups is 1. The van der Waals surface area contributed by atoms with Gasteiger partial charge in [-0.15, -0.1) is 0 Å². The first-order valence-electron chi connectivity index (χ1n) is 3.22. The van der Waals surface area contributed by atoms with Crippen molar-refractivity contribution in [3.63, 3.8) is 0 Å². The number of amides is 1. The average molecular weight is 185 g/mol. The van der Waals surface area contributed by atoms with Gasteiger partial charge >= 0.3 is 0 Å². The minimum Gasteiger partial charge on any atom is -0.503 e. The number of nitrogen functional groups attached to an aromatic ring is 1. The van der Waals surface area contributed by atoms with E-state index in [9.17, 15) is 9.59 Å². The average Bonchev–Trinajstić information content (AvgIpc) is 2.10. The van der Waals surface area contributed by atoms with Gasteiger partial charge < -0.3 is 10.3 Å². The highest BCUT2D eigenvalue weighted by atomic mass is 16.5. The first kappa shape index (κ1) is 9.07. The lowest BCUT2D eigenvalue weighted by Gasteiger charge is -2.04. The molecule has 7 heteroatoms. The van der Waals surface area contributed by atoms with Crippen molar-refractivity contribution in [2.24, 2.45) is 5.84 Å². The summed E-state index contributed by atoms with van der Waals surface area (Å²) in [6.45, 7) is 0. The molecule has 0 unspecified atom stereocenters. The Hall–Kier alpha value is -2.02. The van der Waals surface area contributed by atoms with Crippen LogP contribution in [0.5, 0.6) is 5.75 Å². The monoisotopic (exact) mass is 185 g/mol. The summed E-state index contributed by atoms with van der Waals surface area (Å²) in [5.74, 6) is 3.28. The van der Waals surface area contributed by atoms with Crippen molar-refractivity contribution < 1.29 is 15.1 Å². The fourth-order valence-corrected chi connectivity index (χ4v) is 0.757. The molecule has 70 valence electrons. The summed E-state index contributed by atoms with van der Waals surface area (Å²) in [4.78, 5) is 21.7. The number of nitrogens with zero attached hydrogens (tertiary/aromatic N) is 1.